The van der Waals surface area contributed by atoms with E-state index in [4.69, 9.17) is 10.8 Å². The summed E-state index contributed by atoms with van der Waals surface area (Å²) in [4.78, 5) is 0. The molecule has 0 amide bonds. The summed E-state index contributed by atoms with van der Waals surface area (Å²) in [5.74, 6) is 0. The Labute approximate surface area is 65.6 Å². The van der Waals surface area contributed by atoms with Crippen LogP contribution in [0, 0.1) is 0 Å². The van der Waals surface area contributed by atoms with Crippen LogP contribution < -0.4 is 5.73 Å². The van der Waals surface area contributed by atoms with Gasteiger partial charge in [-0.3, -0.25) is 4.68 Å². The summed E-state index contributed by atoms with van der Waals surface area (Å²) in [7, 11) is 0. The molecule has 1 rings (SSSR count). The Kier molecular flexibility index (Phi) is 2.62. The summed E-state index contributed by atoms with van der Waals surface area (Å²) in [5, 5.41) is 12.7. The van der Waals surface area contributed by atoms with Crippen molar-refractivity contribution in [2.75, 3.05) is 6.61 Å². The molecule has 0 aliphatic rings. The Balaban J connectivity index is 2.71. The number of hydrogen-bond donors (Lipinski definition) is 2. The molecule has 0 aliphatic heterocycles. The number of aromatic nitrogens is 2. The largest absolute Gasteiger partial charge is 0.394 e. The molecule has 0 aromatic carbocycles. The van der Waals surface area contributed by atoms with E-state index in [1.165, 1.54) is 0 Å². The highest BCUT2D eigenvalue weighted by molar-refractivity contribution is 5.09. The van der Waals surface area contributed by atoms with Crippen LogP contribution in [-0.2, 0) is 6.54 Å². The molecule has 11 heavy (non-hydrogen) atoms. The van der Waals surface area contributed by atoms with E-state index in [2.05, 4.69) is 5.10 Å². The SMILES string of the molecule is CCn1cc(C(N)CO)cn1. The zero-order valence-corrected chi connectivity index (χ0v) is 6.57. The first-order valence-corrected chi connectivity index (χ1v) is 3.66. The van der Waals surface area contributed by atoms with E-state index in [0.29, 0.717) is 0 Å². The smallest absolute Gasteiger partial charge is 0.0625 e. The van der Waals surface area contributed by atoms with Gasteiger partial charge in [0.05, 0.1) is 18.8 Å². The topological polar surface area (TPSA) is 64.1 Å². The molecule has 0 radical (unpaired) electrons. The van der Waals surface area contributed by atoms with E-state index in [0.717, 1.165) is 12.1 Å². The minimum atomic E-state index is -0.296. The molecule has 0 fully saturated rings. The molecule has 62 valence electrons. The Bertz CT molecular complexity index is 221. The van der Waals surface area contributed by atoms with Crippen molar-refractivity contribution in [2.45, 2.75) is 19.5 Å². The third kappa shape index (κ3) is 1.78. The summed E-state index contributed by atoms with van der Waals surface area (Å²) in [6.45, 7) is 2.80. The molecule has 1 aromatic heterocycles. The second-order valence-electron chi connectivity index (χ2n) is 2.42. The standard InChI is InChI=1S/C7H13N3O/c1-2-10-4-6(3-9-10)7(8)5-11/h3-4,7,11H,2,5,8H2,1H3. The number of nitrogens with two attached hydrogens (primary N) is 1. The predicted molar refractivity (Wildman–Crippen MR) is 41.9 cm³/mol. The maximum atomic E-state index is 8.71. The van der Waals surface area contributed by atoms with Crippen molar-refractivity contribution in [2.24, 2.45) is 5.73 Å². The van der Waals surface area contributed by atoms with Crippen molar-refractivity contribution in [3.8, 4) is 0 Å². The lowest BCUT2D eigenvalue weighted by atomic mass is 10.2. The highest BCUT2D eigenvalue weighted by Crippen LogP contribution is 2.06. The minimum Gasteiger partial charge on any atom is -0.394 e. The van der Waals surface area contributed by atoms with Crippen LogP contribution in [0.2, 0.25) is 0 Å². The average Bonchev–Trinajstić information content (AvgIpc) is 2.50. The quantitative estimate of drug-likeness (QED) is 0.640. The third-order valence-corrected chi connectivity index (χ3v) is 1.60. The van der Waals surface area contributed by atoms with Crippen molar-refractivity contribution in [3.05, 3.63) is 18.0 Å². The van der Waals surface area contributed by atoms with Crippen molar-refractivity contribution in [3.63, 3.8) is 0 Å². The van der Waals surface area contributed by atoms with E-state index in [-0.39, 0.29) is 12.6 Å². The molecule has 4 heteroatoms. The Morgan fingerprint density at radius 2 is 2.55 bits per heavy atom. The number of nitrogens with zero attached hydrogens (tertiary/aromatic N) is 2. The van der Waals surface area contributed by atoms with Gasteiger partial charge in [0.2, 0.25) is 0 Å². The molecule has 4 nitrogen and oxygen atoms in total. The van der Waals surface area contributed by atoms with Gasteiger partial charge in [-0.05, 0) is 6.92 Å². The van der Waals surface area contributed by atoms with Gasteiger partial charge in [-0.25, -0.2) is 0 Å². The van der Waals surface area contributed by atoms with Gasteiger partial charge in [0.25, 0.3) is 0 Å². The second kappa shape index (κ2) is 3.50. The fraction of sp³-hybridized carbons (Fsp3) is 0.571. The van der Waals surface area contributed by atoms with Crippen LogP contribution in [0.25, 0.3) is 0 Å². The van der Waals surface area contributed by atoms with Crippen molar-refractivity contribution in [1.82, 2.24) is 9.78 Å². The average molecular weight is 155 g/mol. The number of aliphatic hydroxyl groups excluding tert-OH is 1. The fourth-order valence-electron chi connectivity index (χ4n) is 0.849. The van der Waals surface area contributed by atoms with E-state index < -0.39 is 0 Å². The zero-order chi connectivity index (χ0) is 8.27. The number of rotatable bonds is 3. The van der Waals surface area contributed by atoms with Crippen molar-refractivity contribution in [1.29, 1.82) is 0 Å². The fourth-order valence-corrected chi connectivity index (χ4v) is 0.849. The molecule has 3 N–H and O–H groups in total. The van der Waals surface area contributed by atoms with Gasteiger partial charge >= 0.3 is 0 Å². The lowest BCUT2D eigenvalue weighted by Gasteiger charge is -2.02. The van der Waals surface area contributed by atoms with E-state index >= 15 is 0 Å². The maximum absolute atomic E-state index is 8.71. The Morgan fingerprint density at radius 3 is 3.00 bits per heavy atom. The van der Waals surface area contributed by atoms with Crippen LogP contribution in [0.5, 0.6) is 0 Å². The van der Waals surface area contributed by atoms with Crippen LogP contribution in [-0.4, -0.2) is 21.5 Å². The van der Waals surface area contributed by atoms with Gasteiger partial charge in [0, 0.05) is 18.3 Å². The Morgan fingerprint density at radius 1 is 1.82 bits per heavy atom. The molecule has 0 spiro atoms. The third-order valence-electron chi connectivity index (χ3n) is 1.60. The van der Waals surface area contributed by atoms with Crippen molar-refractivity contribution < 1.29 is 5.11 Å². The zero-order valence-electron chi connectivity index (χ0n) is 6.57. The highest BCUT2D eigenvalue weighted by Gasteiger charge is 2.05. The van der Waals surface area contributed by atoms with Crippen LogP contribution in [0.1, 0.15) is 18.5 Å². The van der Waals surface area contributed by atoms with E-state index in [1.807, 2.05) is 13.1 Å². The lowest BCUT2D eigenvalue weighted by Crippen LogP contribution is -2.13. The normalized spacial score (nSPS) is 13.4. The first-order chi connectivity index (χ1) is 5.27. The summed E-state index contributed by atoms with van der Waals surface area (Å²) in [6, 6.07) is -0.296. The lowest BCUT2D eigenvalue weighted by molar-refractivity contribution is 0.268. The first-order valence-electron chi connectivity index (χ1n) is 3.66. The number of aliphatic hydroxyl groups is 1. The first kappa shape index (κ1) is 8.23. The molecule has 0 saturated carbocycles. The number of hydrogen-bond acceptors (Lipinski definition) is 3. The minimum absolute atomic E-state index is 0.0323. The van der Waals surface area contributed by atoms with Gasteiger partial charge in [0.15, 0.2) is 0 Å². The molecule has 0 aliphatic carbocycles. The van der Waals surface area contributed by atoms with Gasteiger partial charge in [-0.1, -0.05) is 0 Å². The van der Waals surface area contributed by atoms with Gasteiger partial charge in [0.1, 0.15) is 0 Å². The second-order valence-corrected chi connectivity index (χ2v) is 2.42. The van der Waals surface area contributed by atoms with Crippen LogP contribution >= 0.6 is 0 Å². The van der Waals surface area contributed by atoms with Crippen LogP contribution in [0.15, 0.2) is 12.4 Å². The van der Waals surface area contributed by atoms with Crippen LogP contribution in [0.4, 0.5) is 0 Å². The van der Waals surface area contributed by atoms with Gasteiger partial charge in [-0.2, -0.15) is 5.10 Å². The molecule has 1 aromatic rings. The Hall–Kier alpha value is -0.870. The monoisotopic (exact) mass is 155 g/mol. The number of aryl methyl sites for hydroxylation is 1. The van der Waals surface area contributed by atoms with Gasteiger partial charge < -0.3 is 10.8 Å². The highest BCUT2D eigenvalue weighted by atomic mass is 16.3. The molecule has 1 unspecified atom stereocenters. The summed E-state index contributed by atoms with van der Waals surface area (Å²) in [5.41, 5.74) is 6.44. The molecular weight excluding hydrogens is 142 g/mol. The molecule has 0 saturated heterocycles. The van der Waals surface area contributed by atoms with Gasteiger partial charge in [-0.15, -0.1) is 0 Å². The molecular formula is C7H13N3O. The molecule has 1 atom stereocenters. The summed E-state index contributed by atoms with van der Waals surface area (Å²) < 4.78 is 1.78. The van der Waals surface area contributed by atoms with Crippen molar-refractivity contribution >= 4 is 0 Å². The summed E-state index contributed by atoms with van der Waals surface area (Å²) in [6.07, 6.45) is 3.53. The molecule has 1 heterocycles. The van der Waals surface area contributed by atoms with E-state index in [1.54, 1.807) is 10.9 Å². The predicted octanol–water partition coefficient (Wildman–Crippen LogP) is -0.105. The summed E-state index contributed by atoms with van der Waals surface area (Å²) >= 11 is 0. The molecule has 0 bridgehead atoms. The van der Waals surface area contributed by atoms with Crippen LogP contribution in [0.3, 0.4) is 0 Å². The van der Waals surface area contributed by atoms with E-state index in [9.17, 15) is 0 Å². The maximum Gasteiger partial charge on any atom is 0.0625 e.